The van der Waals surface area contributed by atoms with Crippen molar-refractivity contribution in [1.29, 1.82) is 0 Å². The van der Waals surface area contributed by atoms with Crippen LogP contribution >= 0.6 is 11.6 Å². The molecule has 3 fully saturated rings. The van der Waals surface area contributed by atoms with Gasteiger partial charge in [0.2, 0.25) is 0 Å². The van der Waals surface area contributed by atoms with Crippen LogP contribution in [0.4, 0.5) is 5.69 Å². The molecule has 1 aromatic heterocycles. The van der Waals surface area contributed by atoms with Gasteiger partial charge in [-0.25, -0.2) is 0 Å². The summed E-state index contributed by atoms with van der Waals surface area (Å²) in [6.07, 6.45) is 3.89. The molecule has 0 radical (unpaired) electrons. The van der Waals surface area contributed by atoms with E-state index in [0.29, 0.717) is 41.0 Å². The summed E-state index contributed by atoms with van der Waals surface area (Å²) in [4.78, 5) is 33.6. The Morgan fingerprint density at radius 2 is 1.83 bits per heavy atom. The Kier molecular flexibility index (Phi) is 9.91. The van der Waals surface area contributed by atoms with Gasteiger partial charge in [-0.1, -0.05) is 11.6 Å². The highest BCUT2D eigenvalue weighted by Gasteiger charge is 2.33. The van der Waals surface area contributed by atoms with Crippen molar-refractivity contribution in [1.82, 2.24) is 15.2 Å². The summed E-state index contributed by atoms with van der Waals surface area (Å²) in [5.41, 5.74) is 3.12. The zero-order chi connectivity index (χ0) is 28.9. The Balaban J connectivity index is 1.34. The molecule has 0 atom stereocenters. The third-order valence-corrected chi connectivity index (χ3v) is 8.99. The molecule has 1 amide bonds. The molecule has 3 heterocycles. The highest BCUT2D eigenvalue weighted by molar-refractivity contribution is 6.36. The Bertz CT molecular complexity index is 1270. The number of H-pyrrole nitrogens is 1. The van der Waals surface area contributed by atoms with Gasteiger partial charge in [0, 0.05) is 69.3 Å². The van der Waals surface area contributed by atoms with Gasteiger partial charge in [0.15, 0.2) is 0 Å². The highest BCUT2D eigenvalue weighted by atomic mass is 35.5. The first-order valence-electron chi connectivity index (χ1n) is 14.9. The number of carbonyl (C=O) groups excluding carboxylic acids is 1. The van der Waals surface area contributed by atoms with Crippen molar-refractivity contribution < 1.29 is 19.0 Å². The van der Waals surface area contributed by atoms with Gasteiger partial charge in [-0.05, 0) is 70.1 Å². The van der Waals surface area contributed by atoms with Crippen LogP contribution in [-0.4, -0.2) is 80.5 Å². The van der Waals surface area contributed by atoms with E-state index in [0.717, 1.165) is 82.0 Å². The number of pyridine rings is 1. The van der Waals surface area contributed by atoms with Gasteiger partial charge < -0.3 is 29.4 Å². The van der Waals surface area contributed by atoms with Crippen LogP contribution in [0.15, 0.2) is 23.0 Å². The highest BCUT2D eigenvalue weighted by Crippen LogP contribution is 2.39. The number of ether oxygens (including phenoxy) is 3. The molecule has 1 saturated carbocycles. The molecule has 10 heteroatoms. The quantitative estimate of drug-likeness (QED) is 0.433. The van der Waals surface area contributed by atoms with Crippen molar-refractivity contribution in [2.75, 3.05) is 57.5 Å². The van der Waals surface area contributed by atoms with E-state index in [2.05, 4.69) is 27.0 Å². The van der Waals surface area contributed by atoms with Gasteiger partial charge in [0.05, 0.1) is 35.6 Å². The summed E-state index contributed by atoms with van der Waals surface area (Å²) in [5.74, 6) is 0.931. The molecule has 9 nitrogen and oxygen atoms in total. The third kappa shape index (κ3) is 7.25. The standard InChI is InChI=1S/C31H43ClN4O5/c1-4-36(23-5-9-39-10-6-23)28-17-25(41-24-14-22(15-24)19-35-7-11-40-12-8-35)16-26(29(28)32)30(37)33-18-27-20(2)13-21(3)34-31(27)38/h13,16-17,22-24H,4-12,14-15,18-19H2,1-3H3,(H,33,37)(H,34,38)/t22-,24-. The van der Waals surface area contributed by atoms with Gasteiger partial charge >= 0.3 is 0 Å². The molecule has 5 rings (SSSR count). The molecule has 0 bridgehead atoms. The Hall–Kier alpha value is -2.59. The third-order valence-electron chi connectivity index (χ3n) is 8.59. The molecule has 2 aliphatic heterocycles. The van der Waals surface area contributed by atoms with E-state index in [1.165, 1.54) is 0 Å². The van der Waals surface area contributed by atoms with Crippen LogP contribution in [-0.2, 0) is 16.0 Å². The monoisotopic (exact) mass is 586 g/mol. The molecule has 2 aromatic rings. The molecule has 3 aliphatic rings. The van der Waals surface area contributed by atoms with Crippen LogP contribution in [0.1, 0.15) is 59.8 Å². The minimum atomic E-state index is -0.331. The largest absolute Gasteiger partial charge is 0.490 e. The SMILES string of the molecule is CCN(c1cc(O[C@H]2C[C@H](CN3CCOCC3)C2)cc(C(=O)NCc2c(C)cc(C)[nH]c2=O)c1Cl)C1CCOCC1. The molecule has 2 N–H and O–H groups in total. The van der Waals surface area contributed by atoms with Crippen molar-refractivity contribution in [3.05, 3.63) is 56.0 Å². The first kappa shape index (κ1) is 29.9. The second-order valence-corrected chi connectivity index (χ2v) is 11.9. The maximum atomic E-state index is 13.5. The number of benzene rings is 1. The molecule has 224 valence electrons. The Morgan fingerprint density at radius 3 is 2.51 bits per heavy atom. The first-order chi connectivity index (χ1) is 19.8. The van der Waals surface area contributed by atoms with Crippen LogP contribution in [0.3, 0.4) is 0 Å². The van der Waals surface area contributed by atoms with Crippen LogP contribution in [0.5, 0.6) is 5.75 Å². The number of hydrogen-bond donors (Lipinski definition) is 2. The van der Waals surface area contributed by atoms with E-state index < -0.39 is 0 Å². The molecule has 0 unspecified atom stereocenters. The molecule has 2 saturated heterocycles. The maximum Gasteiger partial charge on any atom is 0.253 e. The van der Waals surface area contributed by atoms with Gasteiger partial charge in [-0.2, -0.15) is 0 Å². The topological polar surface area (TPSA) is 96.1 Å². The van der Waals surface area contributed by atoms with Crippen molar-refractivity contribution >= 4 is 23.2 Å². The van der Waals surface area contributed by atoms with E-state index in [4.69, 9.17) is 25.8 Å². The average molecular weight is 587 g/mol. The number of anilines is 1. The lowest BCUT2D eigenvalue weighted by atomic mass is 9.81. The lowest BCUT2D eigenvalue weighted by molar-refractivity contribution is 0.000123. The number of nitrogens with zero attached hydrogens (tertiary/aromatic N) is 2. The predicted octanol–water partition coefficient (Wildman–Crippen LogP) is 4.07. The van der Waals surface area contributed by atoms with E-state index >= 15 is 0 Å². The fourth-order valence-corrected chi connectivity index (χ4v) is 6.58. The molecule has 0 spiro atoms. The Morgan fingerprint density at radius 1 is 1.12 bits per heavy atom. The summed E-state index contributed by atoms with van der Waals surface area (Å²) in [6, 6.07) is 5.91. The zero-order valence-electron chi connectivity index (χ0n) is 24.5. The minimum Gasteiger partial charge on any atom is -0.490 e. The lowest BCUT2D eigenvalue weighted by Crippen LogP contribution is -2.45. The number of aromatic nitrogens is 1. The summed E-state index contributed by atoms with van der Waals surface area (Å²) < 4.78 is 17.5. The van der Waals surface area contributed by atoms with Crippen LogP contribution in [0.2, 0.25) is 5.02 Å². The van der Waals surface area contributed by atoms with Crippen molar-refractivity contribution in [2.24, 2.45) is 5.92 Å². The van der Waals surface area contributed by atoms with Crippen LogP contribution < -0.4 is 20.5 Å². The Labute approximate surface area is 247 Å². The van der Waals surface area contributed by atoms with Gasteiger partial charge in [-0.15, -0.1) is 0 Å². The second kappa shape index (κ2) is 13.6. The van der Waals surface area contributed by atoms with Crippen molar-refractivity contribution in [3.63, 3.8) is 0 Å². The van der Waals surface area contributed by atoms with E-state index in [1.54, 1.807) is 6.07 Å². The fourth-order valence-electron chi connectivity index (χ4n) is 6.27. The maximum absolute atomic E-state index is 13.5. The summed E-state index contributed by atoms with van der Waals surface area (Å²) in [7, 11) is 0. The lowest BCUT2D eigenvalue weighted by Gasteiger charge is -2.40. The number of amides is 1. The smallest absolute Gasteiger partial charge is 0.253 e. The number of aryl methyl sites for hydroxylation is 2. The van der Waals surface area contributed by atoms with Crippen LogP contribution in [0, 0.1) is 19.8 Å². The summed E-state index contributed by atoms with van der Waals surface area (Å²) >= 11 is 6.98. The van der Waals surface area contributed by atoms with Crippen LogP contribution in [0.25, 0.3) is 0 Å². The summed E-state index contributed by atoms with van der Waals surface area (Å²) in [5, 5.41) is 3.33. The number of carbonyl (C=O) groups is 1. The van der Waals surface area contributed by atoms with E-state index in [1.807, 2.05) is 26.0 Å². The van der Waals surface area contributed by atoms with E-state index in [-0.39, 0.29) is 30.2 Å². The number of halogens is 1. The van der Waals surface area contributed by atoms with Gasteiger partial charge in [0.25, 0.3) is 11.5 Å². The number of nitrogens with one attached hydrogen (secondary N) is 2. The first-order valence-corrected chi connectivity index (χ1v) is 15.3. The average Bonchev–Trinajstić information content (AvgIpc) is 2.94. The summed E-state index contributed by atoms with van der Waals surface area (Å²) in [6.45, 7) is 12.8. The number of rotatable bonds is 10. The minimum absolute atomic E-state index is 0.109. The second-order valence-electron chi connectivity index (χ2n) is 11.5. The molecular formula is C31H43ClN4O5. The molecule has 41 heavy (non-hydrogen) atoms. The fraction of sp³-hybridized carbons (Fsp3) is 0.613. The molecule has 1 aromatic carbocycles. The van der Waals surface area contributed by atoms with E-state index in [9.17, 15) is 9.59 Å². The number of hydrogen-bond acceptors (Lipinski definition) is 7. The van der Waals surface area contributed by atoms with Gasteiger partial charge in [0.1, 0.15) is 5.75 Å². The number of morpholine rings is 1. The van der Waals surface area contributed by atoms with Crippen molar-refractivity contribution in [2.45, 2.75) is 65.1 Å². The normalized spacial score (nSPS) is 21.8. The molecule has 1 aliphatic carbocycles. The zero-order valence-corrected chi connectivity index (χ0v) is 25.2. The number of aromatic amines is 1. The predicted molar refractivity (Wildman–Crippen MR) is 160 cm³/mol. The van der Waals surface area contributed by atoms with Crippen molar-refractivity contribution in [3.8, 4) is 5.75 Å². The van der Waals surface area contributed by atoms with Gasteiger partial charge in [-0.3, -0.25) is 14.5 Å². The molecular weight excluding hydrogens is 544 g/mol.